The van der Waals surface area contributed by atoms with Gasteiger partial charge in [-0.25, -0.2) is 0 Å². The number of piperazine rings is 1. The zero-order valence-corrected chi connectivity index (χ0v) is 7.41. The number of nitrogens with zero attached hydrogens (tertiary/aromatic N) is 1. The first-order valence-corrected chi connectivity index (χ1v) is 4.09. The van der Waals surface area contributed by atoms with Crippen molar-refractivity contribution in [3.05, 3.63) is 0 Å². The number of aldehydes is 1. The molecule has 0 amide bonds. The third kappa shape index (κ3) is 1.70. The number of rotatable bonds is 2. The van der Waals surface area contributed by atoms with Crippen LogP contribution in [0.1, 0.15) is 6.92 Å². The van der Waals surface area contributed by atoms with Gasteiger partial charge in [0.2, 0.25) is 5.78 Å². The van der Waals surface area contributed by atoms with Gasteiger partial charge in [-0.1, -0.05) is 0 Å². The molecular formula is C8H14N2O2. The molecule has 12 heavy (non-hydrogen) atoms. The van der Waals surface area contributed by atoms with Crippen LogP contribution in [0.2, 0.25) is 0 Å². The van der Waals surface area contributed by atoms with E-state index >= 15 is 0 Å². The molecule has 0 aromatic carbocycles. The molecule has 1 heterocycles. The van der Waals surface area contributed by atoms with Gasteiger partial charge in [0.15, 0.2) is 6.29 Å². The van der Waals surface area contributed by atoms with E-state index in [-0.39, 0.29) is 17.9 Å². The minimum Gasteiger partial charge on any atom is -0.305 e. The fraction of sp³-hybridized carbons (Fsp3) is 0.750. The van der Waals surface area contributed by atoms with Gasteiger partial charge < -0.3 is 10.2 Å². The van der Waals surface area contributed by atoms with E-state index in [1.54, 1.807) is 0 Å². The molecule has 1 aliphatic heterocycles. The number of Topliss-reactive ketones (excluding diaryl/α,β-unsaturated/α-hetero) is 1. The average molecular weight is 170 g/mol. The summed E-state index contributed by atoms with van der Waals surface area (Å²) >= 11 is 0. The Balaban J connectivity index is 2.63. The predicted octanol–water partition coefficient (Wildman–Crippen LogP) is -0.953. The molecule has 0 aromatic heterocycles. The van der Waals surface area contributed by atoms with Crippen molar-refractivity contribution in [1.82, 2.24) is 10.2 Å². The first-order chi connectivity index (χ1) is 5.66. The van der Waals surface area contributed by atoms with Crippen molar-refractivity contribution >= 4 is 12.1 Å². The second-order valence-electron chi connectivity index (χ2n) is 3.17. The van der Waals surface area contributed by atoms with E-state index in [9.17, 15) is 9.59 Å². The lowest BCUT2D eigenvalue weighted by Crippen LogP contribution is -2.58. The Kier molecular flexibility index (Phi) is 2.94. The van der Waals surface area contributed by atoms with Crippen molar-refractivity contribution < 1.29 is 9.59 Å². The number of carbonyl (C=O) groups is 2. The average Bonchev–Trinajstić information content (AvgIpc) is 2.08. The van der Waals surface area contributed by atoms with Crippen LogP contribution in [0.5, 0.6) is 0 Å². The van der Waals surface area contributed by atoms with Crippen molar-refractivity contribution in [1.29, 1.82) is 0 Å². The van der Waals surface area contributed by atoms with Gasteiger partial charge in [0, 0.05) is 19.1 Å². The molecule has 0 radical (unpaired) electrons. The van der Waals surface area contributed by atoms with Crippen molar-refractivity contribution in [2.75, 3.05) is 20.1 Å². The standard InChI is InChI=1S/C8H14N2O2/c1-6-8(7(12)5-11)9-3-4-10(6)2/h5-6,8-9H,3-4H2,1-2H3. The summed E-state index contributed by atoms with van der Waals surface area (Å²) in [4.78, 5) is 23.4. The third-order valence-corrected chi connectivity index (χ3v) is 2.43. The summed E-state index contributed by atoms with van der Waals surface area (Å²) in [5.41, 5.74) is 0. The highest BCUT2D eigenvalue weighted by Gasteiger charge is 2.29. The topological polar surface area (TPSA) is 49.4 Å². The van der Waals surface area contributed by atoms with Gasteiger partial charge in [0.05, 0.1) is 6.04 Å². The molecule has 4 nitrogen and oxygen atoms in total. The molecule has 0 spiro atoms. The Morgan fingerprint density at radius 1 is 1.67 bits per heavy atom. The molecule has 2 atom stereocenters. The van der Waals surface area contributed by atoms with E-state index in [1.165, 1.54) is 0 Å². The highest BCUT2D eigenvalue weighted by Crippen LogP contribution is 2.06. The summed E-state index contributed by atoms with van der Waals surface area (Å²) in [6, 6.07) is -0.210. The van der Waals surface area contributed by atoms with E-state index in [0.29, 0.717) is 6.29 Å². The first-order valence-electron chi connectivity index (χ1n) is 4.09. The minimum atomic E-state index is -0.353. The maximum atomic E-state index is 11.1. The molecule has 1 aliphatic rings. The lowest BCUT2D eigenvalue weighted by Gasteiger charge is -2.35. The zero-order chi connectivity index (χ0) is 9.14. The summed E-state index contributed by atoms with van der Waals surface area (Å²) in [6.07, 6.45) is 0.396. The van der Waals surface area contributed by atoms with Crippen LogP contribution in [0.25, 0.3) is 0 Å². The number of nitrogens with one attached hydrogen (secondary N) is 1. The Morgan fingerprint density at radius 3 is 2.92 bits per heavy atom. The molecule has 4 heteroatoms. The SMILES string of the molecule is CC1C(C(=O)C=O)NCCN1C. The van der Waals surface area contributed by atoms with Crippen molar-refractivity contribution in [3.8, 4) is 0 Å². The van der Waals surface area contributed by atoms with Crippen molar-refractivity contribution in [2.45, 2.75) is 19.0 Å². The summed E-state index contributed by atoms with van der Waals surface area (Å²) in [6.45, 7) is 3.63. The number of likely N-dealkylation sites (N-methyl/N-ethyl adjacent to an activating group) is 1. The Morgan fingerprint density at radius 2 is 2.33 bits per heavy atom. The molecule has 1 N–H and O–H groups in total. The van der Waals surface area contributed by atoms with E-state index < -0.39 is 0 Å². The number of hydrogen-bond donors (Lipinski definition) is 1. The quantitative estimate of drug-likeness (QED) is 0.428. The van der Waals surface area contributed by atoms with Crippen molar-refractivity contribution in [2.24, 2.45) is 0 Å². The lowest BCUT2D eigenvalue weighted by molar-refractivity contribution is -0.132. The van der Waals surface area contributed by atoms with Gasteiger partial charge in [0.1, 0.15) is 0 Å². The second-order valence-corrected chi connectivity index (χ2v) is 3.17. The van der Waals surface area contributed by atoms with E-state index in [1.807, 2.05) is 14.0 Å². The zero-order valence-electron chi connectivity index (χ0n) is 7.41. The van der Waals surface area contributed by atoms with E-state index in [4.69, 9.17) is 0 Å². The van der Waals surface area contributed by atoms with Crippen LogP contribution in [-0.4, -0.2) is 49.2 Å². The van der Waals surface area contributed by atoms with Crippen LogP contribution in [0.3, 0.4) is 0 Å². The predicted molar refractivity (Wildman–Crippen MR) is 45.0 cm³/mol. The molecule has 1 fully saturated rings. The molecule has 0 bridgehead atoms. The molecule has 1 rings (SSSR count). The van der Waals surface area contributed by atoms with Crippen LogP contribution in [0.15, 0.2) is 0 Å². The maximum Gasteiger partial charge on any atom is 0.213 e. The monoisotopic (exact) mass is 170 g/mol. The Labute approximate surface area is 71.9 Å². The highest BCUT2D eigenvalue weighted by molar-refractivity contribution is 6.27. The summed E-state index contributed by atoms with van der Waals surface area (Å²) in [5.74, 6) is -0.353. The molecule has 68 valence electrons. The molecule has 0 aliphatic carbocycles. The van der Waals surface area contributed by atoms with Gasteiger partial charge in [-0.2, -0.15) is 0 Å². The third-order valence-electron chi connectivity index (χ3n) is 2.43. The Hall–Kier alpha value is -0.740. The number of ketones is 1. The second kappa shape index (κ2) is 3.78. The highest BCUT2D eigenvalue weighted by atomic mass is 16.2. The summed E-state index contributed by atoms with van der Waals surface area (Å²) in [7, 11) is 1.95. The first kappa shape index (κ1) is 9.35. The number of hydrogen-bond acceptors (Lipinski definition) is 4. The van der Waals surface area contributed by atoms with Gasteiger partial charge in [-0.05, 0) is 14.0 Å². The fourth-order valence-corrected chi connectivity index (χ4v) is 1.44. The molecule has 2 unspecified atom stereocenters. The number of carbonyl (C=O) groups excluding carboxylic acids is 2. The van der Waals surface area contributed by atoms with Crippen LogP contribution >= 0.6 is 0 Å². The van der Waals surface area contributed by atoms with Gasteiger partial charge >= 0.3 is 0 Å². The lowest BCUT2D eigenvalue weighted by atomic mass is 10.0. The fourth-order valence-electron chi connectivity index (χ4n) is 1.44. The largest absolute Gasteiger partial charge is 0.305 e. The summed E-state index contributed by atoms with van der Waals surface area (Å²) < 4.78 is 0. The van der Waals surface area contributed by atoms with Crippen LogP contribution in [0, 0.1) is 0 Å². The van der Waals surface area contributed by atoms with Gasteiger partial charge in [-0.3, -0.25) is 9.59 Å². The van der Waals surface area contributed by atoms with Crippen molar-refractivity contribution in [3.63, 3.8) is 0 Å². The normalized spacial score (nSPS) is 31.5. The Bertz CT molecular complexity index is 193. The van der Waals surface area contributed by atoms with E-state index in [2.05, 4.69) is 10.2 Å². The molecule has 1 saturated heterocycles. The minimum absolute atomic E-state index is 0.108. The van der Waals surface area contributed by atoms with Gasteiger partial charge in [-0.15, -0.1) is 0 Å². The van der Waals surface area contributed by atoms with Crippen LogP contribution in [-0.2, 0) is 9.59 Å². The summed E-state index contributed by atoms with van der Waals surface area (Å²) in [5, 5.41) is 3.03. The van der Waals surface area contributed by atoms with Gasteiger partial charge in [0.25, 0.3) is 0 Å². The maximum absolute atomic E-state index is 11.1. The smallest absolute Gasteiger partial charge is 0.213 e. The van der Waals surface area contributed by atoms with E-state index in [0.717, 1.165) is 13.1 Å². The van der Waals surface area contributed by atoms with Crippen LogP contribution in [0.4, 0.5) is 0 Å². The molecule has 0 aromatic rings. The molecule has 0 saturated carbocycles. The molecular weight excluding hydrogens is 156 g/mol. The van der Waals surface area contributed by atoms with Crippen LogP contribution < -0.4 is 5.32 Å².